The van der Waals surface area contributed by atoms with E-state index in [4.69, 9.17) is 25.8 Å². The highest BCUT2D eigenvalue weighted by molar-refractivity contribution is 7.90. The number of para-hydroxylation sites is 1. The fourth-order valence-electron chi connectivity index (χ4n) is 4.81. The Morgan fingerprint density at radius 1 is 1.13 bits per heavy atom. The summed E-state index contributed by atoms with van der Waals surface area (Å²) in [6, 6.07) is 17.1. The van der Waals surface area contributed by atoms with Crippen LogP contribution in [0.3, 0.4) is 0 Å². The lowest BCUT2D eigenvalue weighted by Gasteiger charge is -2.27. The SMILES string of the molecule is Cc1cc(OCCCS(C)(=O)=O)c(Cl)c(C)c1-c1cccc(CO[C@]2(CC(=O)O)COc3ccccc32)c1. The summed E-state index contributed by atoms with van der Waals surface area (Å²) in [6.07, 6.45) is 1.38. The number of carboxylic acids is 1. The van der Waals surface area contributed by atoms with Gasteiger partial charge in [0.05, 0.1) is 30.4 Å². The molecule has 1 aliphatic rings. The third-order valence-electron chi connectivity index (χ3n) is 6.59. The third kappa shape index (κ3) is 6.31. The van der Waals surface area contributed by atoms with Crippen molar-refractivity contribution >= 4 is 27.4 Å². The number of fused-ring (bicyclic) bond motifs is 1. The molecule has 1 atom stereocenters. The second-order valence-corrected chi connectivity index (χ2v) is 12.3. The number of aryl methyl sites for hydroxylation is 1. The monoisotopic (exact) mass is 558 g/mol. The van der Waals surface area contributed by atoms with Gasteiger partial charge in [0, 0.05) is 11.8 Å². The maximum Gasteiger partial charge on any atom is 0.306 e. The molecule has 1 N–H and O–H groups in total. The van der Waals surface area contributed by atoms with E-state index < -0.39 is 21.4 Å². The van der Waals surface area contributed by atoms with Gasteiger partial charge in [-0.15, -0.1) is 0 Å². The molecule has 1 heterocycles. The van der Waals surface area contributed by atoms with Crippen LogP contribution in [-0.2, 0) is 31.6 Å². The first-order valence-electron chi connectivity index (χ1n) is 12.3. The Kier molecular flexibility index (Phi) is 8.35. The molecule has 0 amide bonds. The van der Waals surface area contributed by atoms with Crippen LogP contribution in [0.25, 0.3) is 11.1 Å². The van der Waals surface area contributed by atoms with Gasteiger partial charge in [-0.2, -0.15) is 0 Å². The number of rotatable bonds is 11. The summed E-state index contributed by atoms with van der Waals surface area (Å²) in [5.74, 6) is 0.260. The van der Waals surface area contributed by atoms with Crippen LogP contribution in [0, 0.1) is 13.8 Å². The van der Waals surface area contributed by atoms with Crippen LogP contribution in [0.2, 0.25) is 5.02 Å². The lowest BCUT2D eigenvalue weighted by atomic mass is 9.92. The zero-order chi connectivity index (χ0) is 27.5. The van der Waals surface area contributed by atoms with Crippen molar-refractivity contribution < 1.29 is 32.5 Å². The highest BCUT2D eigenvalue weighted by atomic mass is 35.5. The molecule has 0 bridgehead atoms. The molecule has 7 nitrogen and oxygen atoms in total. The maximum atomic E-state index is 11.7. The van der Waals surface area contributed by atoms with Crippen LogP contribution in [0.15, 0.2) is 54.6 Å². The fraction of sp³-hybridized carbons (Fsp3) is 0.345. The lowest BCUT2D eigenvalue weighted by Crippen LogP contribution is -2.34. The molecule has 4 rings (SSSR count). The van der Waals surface area contributed by atoms with Crippen LogP contribution < -0.4 is 9.47 Å². The average Bonchev–Trinajstić information content (AvgIpc) is 3.21. The first-order valence-corrected chi connectivity index (χ1v) is 14.7. The first-order chi connectivity index (χ1) is 18.0. The van der Waals surface area contributed by atoms with Gasteiger partial charge in [0.15, 0.2) is 0 Å². The number of hydrogen-bond acceptors (Lipinski definition) is 6. The van der Waals surface area contributed by atoms with Gasteiger partial charge in [-0.3, -0.25) is 4.79 Å². The van der Waals surface area contributed by atoms with Gasteiger partial charge < -0.3 is 19.3 Å². The standard InChI is InChI=1S/C29H31ClO7S/c1-19-14-25(35-12-7-13-38(3,33)34)28(30)20(2)27(19)22-9-6-8-21(15-22)17-37-29(16-26(31)32)18-36-24-11-5-4-10-23(24)29/h4-6,8-11,14-15H,7,12-13,16-18H2,1-3H3,(H,31,32)/t29-/m1/s1. The van der Waals surface area contributed by atoms with E-state index in [0.717, 1.165) is 33.4 Å². The average molecular weight is 559 g/mol. The molecule has 0 saturated carbocycles. The zero-order valence-electron chi connectivity index (χ0n) is 21.6. The van der Waals surface area contributed by atoms with Crippen molar-refractivity contribution in [3.05, 3.63) is 81.9 Å². The molecule has 3 aromatic carbocycles. The van der Waals surface area contributed by atoms with E-state index in [-0.39, 0.29) is 32.0 Å². The summed E-state index contributed by atoms with van der Waals surface area (Å²) in [5.41, 5.74) is 4.28. The number of carboxylic acid groups (broad SMARTS) is 1. The van der Waals surface area contributed by atoms with E-state index in [0.29, 0.717) is 22.9 Å². The Balaban J connectivity index is 1.54. The highest BCUT2D eigenvalue weighted by Crippen LogP contribution is 2.43. The predicted octanol–water partition coefficient (Wildman–Crippen LogP) is 5.72. The number of sulfone groups is 1. The van der Waals surface area contributed by atoms with E-state index in [1.165, 1.54) is 6.26 Å². The van der Waals surface area contributed by atoms with Crippen molar-refractivity contribution in [1.29, 1.82) is 0 Å². The van der Waals surface area contributed by atoms with Crippen LogP contribution in [0.1, 0.15) is 35.1 Å². The Hall–Kier alpha value is -3.07. The van der Waals surface area contributed by atoms with Crippen molar-refractivity contribution in [2.75, 3.05) is 25.2 Å². The summed E-state index contributed by atoms with van der Waals surface area (Å²) in [4.78, 5) is 11.7. The van der Waals surface area contributed by atoms with E-state index in [2.05, 4.69) is 0 Å². The number of ether oxygens (including phenoxy) is 3. The van der Waals surface area contributed by atoms with Crippen molar-refractivity contribution in [3.63, 3.8) is 0 Å². The molecule has 0 aromatic heterocycles. The summed E-state index contributed by atoms with van der Waals surface area (Å²) in [7, 11) is -3.05. The van der Waals surface area contributed by atoms with E-state index in [1.807, 2.05) is 68.4 Å². The van der Waals surface area contributed by atoms with E-state index in [1.54, 1.807) is 0 Å². The van der Waals surface area contributed by atoms with Gasteiger partial charge in [-0.1, -0.05) is 48.0 Å². The number of halogens is 1. The second-order valence-electron chi connectivity index (χ2n) is 9.68. The summed E-state index contributed by atoms with van der Waals surface area (Å²) < 4.78 is 40.6. The molecule has 0 unspecified atom stereocenters. The van der Waals surface area contributed by atoms with Crippen LogP contribution in [-0.4, -0.2) is 44.7 Å². The summed E-state index contributed by atoms with van der Waals surface area (Å²) in [5, 5.41) is 10.1. The molecule has 0 aliphatic carbocycles. The minimum atomic E-state index is -3.05. The topological polar surface area (TPSA) is 99.1 Å². The Morgan fingerprint density at radius 3 is 2.63 bits per heavy atom. The van der Waals surface area contributed by atoms with Crippen molar-refractivity contribution in [2.24, 2.45) is 0 Å². The number of aliphatic carboxylic acids is 1. The maximum absolute atomic E-state index is 11.7. The first kappa shape index (κ1) is 28.0. The van der Waals surface area contributed by atoms with Gasteiger partial charge in [0.25, 0.3) is 0 Å². The Morgan fingerprint density at radius 2 is 1.89 bits per heavy atom. The smallest absolute Gasteiger partial charge is 0.306 e. The summed E-state index contributed by atoms with van der Waals surface area (Å²) >= 11 is 6.65. The Labute approximate surface area is 228 Å². The number of hydrogen-bond donors (Lipinski definition) is 1. The van der Waals surface area contributed by atoms with Gasteiger partial charge in [0.2, 0.25) is 0 Å². The molecular weight excluding hydrogens is 528 g/mol. The van der Waals surface area contributed by atoms with Crippen LogP contribution in [0.5, 0.6) is 11.5 Å². The minimum absolute atomic E-state index is 0.0565. The van der Waals surface area contributed by atoms with Crippen molar-refractivity contribution in [2.45, 2.75) is 38.9 Å². The minimum Gasteiger partial charge on any atom is -0.492 e. The molecule has 9 heteroatoms. The quantitative estimate of drug-likeness (QED) is 0.301. The second kappa shape index (κ2) is 11.4. The molecule has 38 heavy (non-hydrogen) atoms. The van der Waals surface area contributed by atoms with Crippen LogP contribution in [0.4, 0.5) is 0 Å². The highest BCUT2D eigenvalue weighted by Gasteiger charge is 2.43. The van der Waals surface area contributed by atoms with Gasteiger partial charge in [-0.25, -0.2) is 8.42 Å². The van der Waals surface area contributed by atoms with E-state index in [9.17, 15) is 18.3 Å². The number of benzene rings is 3. The van der Waals surface area contributed by atoms with Gasteiger partial charge in [-0.05, 0) is 66.3 Å². The molecular formula is C29H31ClO7S. The number of carbonyl (C=O) groups is 1. The van der Waals surface area contributed by atoms with Gasteiger partial charge in [0.1, 0.15) is 33.5 Å². The van der Waals surface area contributed by atoms with Crippen molar-refractivity contribution in [3.8, 4) is 22.6 Å². The van der Waals surface area contributed by atoms with Gasteiger partial charge >= 0.3 is 5.97 Å². The molecule has 3 aromatic rings. The molecule has 202 valence electrons. The third-order valence-corrected chi connectivity index (χ3v) is 8.09. The van der Waals surface area contributed by atoms with Crippen LogP contribution >= 0.6 is 11.6 Å². The lowest BCUT2D eigenvalue weighted by molar-refractivity contribution is -0.149. The molecule has 0 spiro atoms. The zero-order valence-corrected chi connectivity index (χ0v) is 23.2. The molecule has 0 fully saturated rings. The molecule has 0 saturated heterocycles. The normalized spacial score (nSPS) is 16.6. The largest absolute Gasteiger partial charge is 0.492 e. The molecule has 0 radical (unpaired) electrons. The summed E-state index contributed by atoms with van der Waals surface area (Å²) in [6.45, 7) is 4.48. The van der Waals surface area contributed by atoms with E-state index >= 15 is 0 Å². The Bertz CT molecular complexity index is 1450. The predicted molar refractivity (Wildman–Crippen MR) is 147 cm³/mol. The molecule has 1 aliphatic heterocycles. The fourth-order valence-corrected chi connectivity index (χ4v) is 5.66. The van der Waals surface area contributed by atoms with Crippen molar-refractivity contribution in [1.82, 2.24) is 0 Å².